The van der Waals surface area contributed by atoms with Gasteiger partial charge in [-0.15, -0.1) is 0 Å². The van der Waals surface area contributed by atoms with E-state index in [1.165, 1.54) is 21.3 Å². The second-order valence-electron chi connectivity index (χ2n) is 7.47. The summed E-state index contributed by atoms with van der Waals surface area (Å²) in [7, 11) is 6.16. The van der Waals surface area contributed by atoms with Crippen LogP contribution >= 0.6 is 15.9 Å². The Morgan fingerprint density at radius 2 is 1.64 bits per heavy atom. The van der Waals surface area contributed by atoms with Crippen LogP contribution in [-0.4, -0.2) is 58.0 Å². The summed E-state index contributed by atoms with van der Waals surface area (Å²) in [4.78, 5) is 14.7. The fourth-order valence-electron chi connectivity index (χ4n) is 3.97. The minimum atomic E-state index is -0.595. The van der Waals surface area contributed by atoms with Crippen molar-refractivity contribution in [1.29, 1.82) is 0 Å². The summed E-state index contributed by atoms with van der Waals surface area (Å²) in [6, 6.07) is 8.53. The Morgan fingerprint density at radius 1 is 0.939 bits per heavy atom. The van der Waals surface area contributed by atoms with Crippen molar-refractivity contribution in [3.63, 3.8) is 0 Å². The van der Waals surface area contributed by atoms with Crippen LogP contribution in [0.1, 0.15) is 24.4 Å². The number of nitrogens with zero attached hydrogens (tertiary/aromatic N) is 1. The van der Waals surface area contributed by atoms with E-state index < -0.39 is 12.0 Å². The predicted molar refractivity (Wildman–Crippen MR) is 128 cm³/mol. The number of halogens is 1. The van der Waals surface area contributed by atoms with Crippen molar-refractivity contribution in [3.05, 3.63) is 35.9 Å². The minimum absolute atomic E-state index is 0.196. The highest BCUT2D eigenvalue weighted by atomic mass is 79.9. The molecule has 1 aliphatic rings. The molecular weight excluding hydrogens is 494 g/mol. The highest BCUT2D eigenvalue weighted by molar-refractivity contribution is 9.09. The first-order valence-corrected chi connectivity index (χ1v) is 11.8. The molecule has 0 aromatic heterocycles. The van der Waals surface area contributed by atoms with Gasteiger partial charge in [0.25, 0.3) is 0 Å². The highest BCUT2D eigenvalue weighted by Gasteiger charge is 2.50. The van der Waals surface area contributed by atoms with Crippen molar-refractivity contribution in [2.45, 2.75) is 18.9 Å². The zero-order chi connectivity index (χ0) is 24.0. The van der Waals surface area contributed by atoms with Crippen LogP contribution in [-0.2, 0) is 4.79 Å². The molecule has 0 bridgehead atoms. The fraction of sp³-hybridized carbons (Fsp3) is 0.458. The van der Waals surface area contributed by atoms with Gasteiger partial charge in [0.05, 0.1) is 59.3 Å². The van der Waals surface area contributed by atoms with E-state index in [9.17, 15) is 9.90 Å². The smallest absolute Gasteiger partial charge is 0.235 e. The summed E-state index contributed by atoms with van der Waals surface area (Å²) in [5.41, 5.74) is 1.37. The number of unbranched alkanes of at least 4 members (excludes halogenated alkanes) is 1. The van der Waals surface area contributed by atoms with Gasteiger partial charge in [-0.1, -0.05) is 15.9 Å². The van der Waals surface area contributed by atoms with Crippen LogP contribution in [0.4, 0.5) is 5.69 Å². The van der Waals surface area contributed by atoms with E-state index in [0.29, 0.717) is 41.0 Å². The average Bonchev–Trinajstić information content (AvgIpc) is 2.84. The van der Waals surface area contributed by atoms with E-state index in [2.05, 4.69) is 15.9 Å². The Kier molecular flexibility index (Phi) is 8.68. The summed E-state index contributed by atoms with van der Waals surface area (Å²) in [6.45, 7) is 0.250. The average molecular weight is 524 g/mol. The molecule has 180 valence electrons. The molecule has 3 rings (SSSR count). The number of carbonyl (C=O) groups is 1. The van der Waals surface area contributed by atoms with Gasteiger partial charge in [0, 0.05) is 29.1 Å². The van der Waals surface area contributed by atoms with Crippen LogP contribution in [0.15, 0.2) is 30.3 Å². The van der Waals surface area contributed by atoms with Crippen LogP contribution < -0.4 is 28.6 Å². The molecule has 33 heavy (non-hydrogen) atoms. The Morgan fingerprint density at radius 3 is 2.18 bits per heavy atom. The third-order valence-corrected chi connectivity index (χ3v) is 6.22. The molecule has 8 nitrogen and oxygen atoms in total. The molecule has 1 amide bonds. The van der Waals surface area contributed by atoms with E-state index >= 15 is 0 Å². The zero-order valence-electron chi connectivity index (χ0n) is 19.3. The van der Waals surface area contributed by atoms with Gasteiger partial charge in [-0.25, -0.2) is 0 Å². The molecule has 1 fully saturated rings. The normalized spacial score (nSPS) is 17.4. The predicted octanol–water partition coefficient (Wildman–Crippen LogP) is 3.97. The van der Waals surface area contributed by atoms with Gasteiger partial charge >= 0.3 is 0 Å². The number of anilines is 1. The molecule has 1 saturated heterocycles. The van der Waals surface area contributed by atoms with E-state index in [1.807, 2.05) is 18.2 Å². The Hall–Kier alpha value is -2.65. The number of carbonyl (C=O) groups excluding carboxylic acids is 1. The van der Waals surface area contributed by atoms with Gasteiger partial charge in [0.1, 0.15) is 11.5 Å². The largest absolute Gasteiger partial charge is 0.497 e. The van der Waals surface area contributed by atoms with Crippen molar-refractivity contribution in [2.24, 2.45) is 5.92 Å². The quantitative estimate of drug-likeness (QED) is 0.256. The Labute approximate surface area is 202 Å². The monoisotopic (exact) mass is 523 g/mol. The second-order valence-corrected chi connectivity index (χ2v) is 8.27. The molecular formula is C24H30BrNO7. The number of amides is 1. The number of methoxy groups -OCH3 is 4. The molecule has 0 radical (unpaired) electrons. The number of β-lactam (4-membered cyclic amide) rings is 1. The minimum Gasteiger partial charge on any atom is -0.497 e. The number of hydrogen-bond donors (Lipinski definition) is 1. The first kappa shape index (κ1) is 25.0. The van der Waals surface area contributed by atoms with Gasteiger partial charge in [0.15, 0.2) is 11.5 Å². The summed E-state index contributed by atoms with van der Waals surface area (Å²) >= 11 is 3.43. The van der Waals surface area contributed by atoms with Crippen molar-refractivity contribution in [3.8, 4) is 28.7 Å². The summed E-state index contributed by atoms with van der Waals surface area (Å²) in [5, 5.41) is 10.9. The topological polar surface area (TPSA) is 86.7 Å². The summed E-state index contributed by atoms with van der Waals surface area (Å²) in [5.74, 6) is 1.79. The highest BCUT2D eigenvalue weighted by Crippen LogP contribution is 2.50. The third kappa shape index (κ3) is 4.99. The molecule has 0 aliphatic carbocycles. The zero-order valence-corrected chi connectivity index (χ0v) is 20.9. The lowest BCUT2D eigenvalue weighted by molar-refractivity contribution is -0.132. The number of aliphatic hydroxyl groups excluding tert-OH is 1. The molecule has 0 unspecified atom stereocenters. The van der Waals surface area contributed by atoms with Gasteiger partial charge in [-0.05, 0) is 25.0 Å². The lowest BCUT2D eigenvalue weighted by Crippen LogP contribution is -2.56. The molecule has 9 heteroatoms. The molecule has 0 spiro atoms. The molecule has 2 atom stereocenters. The van der Waals surface area contributed by atoms with Crippen LogP contribution in [0.25, 0.3) is 0 Å². The van der Waals surface area contributed by atoms with Crippen LogP contribution in [0.2, 0.25) is 0 Å². The van der Waals surface area contributed by atoms with Gasteiger partial charge < -0.3 is 33.7 Å². The number of rotatable bonds is 12. The van der Waals surface area contributed by atoms with Gasteiger partial charge in [-0.3, -0.25) is 4.79 Å². The van der Waals surface area contributed by atoms with Crippen molar-refractivity contribution in [2.75, 3.05) is 51.9 Å². The maximum Gasteiger partial charge on any atom is 0.235 e. The molecule has 1 aliphatic heterocycles. The second kappa shape index (κ2) is 11.5. The SMILES string of the molecule is COc1ccc([C@H]2[C@@H](CO)C(=O)N2c2cc(OC)c(OC)c(OC)c2)c(OCCCCBr)c1. The number of hydrogen-bond acceptors (Lipinski definition) is 7. The summed E-state index contributed by atoms with van der Waals surface area (Å²) in [6.07, 6.45) is 1.86. The number of benzene rings is 2. The van der Waals surface area contributed by atoms with Crippen LogP contribution in [0.3, 0.4) is 0 Å². The molecule has 1 heterocycles. The lowest BCUT2D eigenvalue weighted by atomic mass is 9.81. The molecule has 2 aromatic carbocycles. The van der Waals surface area contributed by atoms with Crippen LogP contribution in [0.5, 0.6) is 28.7 Å². The standard InChI is InChI=1S/C24H30BrNO7/c1-29-16-7-8-17(19(13-16)33-10-6-5-9-25)22-18(14-27)24(28)26(22)15-11-20(30-2)23(32-4)21(12-15)31-3/h7-8,11-13,18,22,27H,5-6,9-10,14H2,1-4H3/t18-,22+/m1/s1. The van der Waals surface area contributed by atoms with Gasteiger partial charge in [-0.2, -0.15) is 0 Å². The Balaban J connectivity index is 2.04. The molecule has 0 saturated carbocycles. The van der Waals surface area contributed by atoms with Crippen molar-refractivity contribution >= 4 is 27.5 Å². The van der Waals surface area contributed by atoms with E-state index in [1.54, 1.807) is 24.1 Å². The molecule has 1 N–H and O–H groups in total. The van der Waals surface area contributed by atoms with E-state index in [-0.39, 0.29) is 12.5 Å². The third-order valence-electron chi connectivity index (χ3n) is 5.66. The van der Waals surface area contributed by atoms with Gasteiger partial charge in [0.2, 0.25) is 11.7 Å². The van der Waals surface area contributed by atoms with Crippen molar-refractivity contribution < 1.29 is 33.6 Å². The number of ether oxygens (including phenoxy) is 5. The Bertz CT molecular complexity index is 943. The fourth-order valence-corrected chi connectivity index (χ4v) is 4.36. The first-order valence-electron chi connectivity index (χ1n) is 10.6. The first-order chi connectivity index (χ1) is 16.0. The maximum absolute atomic E-state index is 13.0. The maximum atomic E-state index is 13.0. The number of alkyl halides is 1. The summed E-state index contributed by atoms with van der Waals surface area (Å²) < 4.78 is 27.8. The molecule has 2 aromatic rings. The van der Waals surface area contributed by atoms with E-state index in [0.717, 1.165) is 23.7 Å². The lowest BCUT2D eigenvalue weighted by Gasteiger charge is -2.47. The van der Waals surface area contributed by atoms with Crippen LogP contribution in [0, 0.1) is 5.92 Å². The van der Waals surface area contributed by atoms with Crippen molar-refractivity contribution in [1.82, 2.24) is 0 Å². The number of aliphatic hydroxyl groups is 1. The van der Waals surface area contributed by atoms with E-state index in [4.69, 9.17) is 23.7 Å².